The quantitative estimate of drug-likeness (QED) is 0.647. The third-order valence-electron chi connectivity index (χ3n) is 0.963. The fourth-order valence-electron chi connectivity index (χ4n) is 0.586. The normalized spacial score (nSPS) is 16.8. The van der Waals surface area contributed by atoms with Gasteiger partial charge in [-0.15, -0.1) is 0 Å². The van der Waals surface area contributed by atoms with Crippen molar-refractivity contribution in [2.45, 2.75) is 13.3 Å². The summed E-state index contributed by atoms with van der Waals surface area (Å²) in [5, 5.41) is 0. The first-order valence-electron chi connectivity index (χ1n) is 3.03. The summed E-state index contributed by atoms with van der Waals surface area (Å²) in [7, 11) is 0. The van der Waals surface area contributed by atoms with Gasteiger partial charge in [-0.3, -0.25) is 0 Å². The maximum atomic E-state index is 5.30. The Kier molecular flexibility index (Phi) is 3.17. The Labute approximate surface area is 63.8 Å². The Balaban J connectivity index is 2.14. The predicted molar refractivity (Wildman–Crippen MR) is 33.5 cm³/mol. The summed E-state index contributed by atoms with van der Waals surface area (Å²) >= 11 is 0.0815. The molecular weight excluding hydrogens is 201 g/mol. The van der Waals surface area contributed by atoms with Crippen LogP contribution in [-0.4, -0.2) is 6.61 Å². The van der Waals surface area contributed by atoms with Crippen molar-refractivity contribution in [3.63, 3.8) is 0 Å². The van der Waals surface area contributed by atoms with Crippen molar-refractivity contribution >= 4 is 0 Å². The average Bonchev–Trinajstić information content (AvgIpc) is 2.34. The van der Waals surface area contributed by atoms with E-state index in [0.717, 1.165) is 13.0 Å². The number of hydrogen-bond acceptors (Lipinski definition) is 1. The molecule has 0 saturated heterocycles. The van der Waals surface area contributed by atoms with Crippen LogP contribution in [0.3, 0.4) is 0 Å². The summed E-state index contributed by atoms with van der Waals surface area (Å²) in [5.41, 5.74) is 0. The molecule has 0 radical (unpaired) electrons. The molecule has 0 bridgehead atoms. The van der Waals surface area contributed by atoms with Gasteiger partial charge in [0.15, 0.2) is 0 Å². The fraction of sp³-hybridized carbons (Fsp3) is 0.429. The number of hydrogen-bond donors (Lipinski definition) is 0. The molecule has 1 nitrogen and oxygen atoms in total. The van der Waals surface area contributed by atoms with Gasteiger partial charge < -0.3 is 0 Å². The van der Waals surface area contributed by atoms with Crippen molar-refractivity contribution in [3.8, 4) is 0 Å². The molecule has 0 saturated carbocycles. The van der Waals surface area contributed by atoms with Crippen LogP contribution in [-0.2, 0) is 21.1 Å². The average molecular weight is 211 g/mol. The summed E-state index contributed by atoms with van der Waals surface area (Å²) in [6, 6.07) is 0. The van der Waals surface area contributed by atoms with E-state index in [1.54, 1.807) is 0 Å². The van der Waals surface area contributed by atoms with E-state index >= 15 is 0 Å². The van der Waals surface area contributed by atoms with Crippen LogP contribution in [0.1, 0.15) is 13.3 Å². The van der Waals surface area contributed by atoms with Crippen molar-refractivity contribution in [3.05, 3.63) is 22.4 Å². The molecule has 0 spiro atoms. The van der Waals surface area contributed by atoms with E-state index < -0.39 is 0 Å². The Morgan fingerprint density at radius 1 is 1.78 bits per heavy atom. The van der Waals surface area contributed by atoms with Gasteiger partial charge in [-0.2, -0.15) is 0 Å². The van der Waals surface area contributed by atoms with Crippen LogP contribution >= 0.6 is 0 Å². The van der Waals surface area contributed by atoms with Gasteiger partial charge in [0.25, 0.3) is 0 Å². The molecule has 9 heavy (non-hydrogen) atoms. The van der Waals surface area contributed by atoms with Crippen molar-refractivity contribution in [2.75, 3.05) is 6.61 Å². The second kappa shape index (κ2) is 3.97. The molecule has 0 aromatic carbocycles. The van der Waals surface area contributed by atoms with Gasteiger partial charge in [0.1, 0.15) is 0 Å². The van der Waals surface area contributed by atoms with Crippen LogP contribution in [0.2, 0.25) is 0 Å². The second-order valence-corrected chi connectivity index (χ2v) is 3.67. The van der Waals surface area contributed by atoms with Gasteiger partial charge in [-0.05, 0) is 0 Å². The van der Waals surface area contributed by atoms with Gasteiger partial charge >= 0.3 is 63.4 Å². The van der Waals surface area contributed by atoms with Crippen LogP contribution < -0.4 is 0 Å². The first-order chi connectivity index (χ1) is 4.43. The summed E-state index contributed by atoms with van der Waals surface area (Å²) in [6.07, 6.45) is 7.55. The molecule has 0 fully saturated rings. The van der Waals surface area contributed by atoms with Gasteiger partial charge in [-0.25, -0.2) is 0 Å². The Morgan fingerprint density at radius 3 is 3.22 bits per heavy atom. The molecule has 1 aliphatic rings. The Hall–Kier alpha value is 0.0634. The van der Waals surface area contributed by atoms with Crippen molar-refractivity contribution in [2.24, 2.45) is 0 Å². The second-order valence-electron chi connectivity index (χ2n) is 1.69. The predicted octanol–water partition coefficient (Wildman–Crippen LogP) is 1.86. The minimum atomic E-state index is 0.0815. The molecule has 0 unspecified atom stereocenters. The molecule has 52 valence electrons. The summed E-state index contributed by atoms with van der Waals surface area (Å²) in [6.45, 7) is 2.90. The third-order valence-corrected chi connectivity index (χ3v) is 2.82. The molecule has 1 aliphatic carbocycles. The zero-order valence-corrected chi connectivity index (χ0v) is 7.15. The number of allylic oxidation sites excluding steroid dienone is 4. The third kappa shape index (κ3) is 2.42. The van der Waals surface area contributed by atoms with Gasteiger partial charge in [0.2, 0.25) is 0 Å². The van der Waals surface area contributed by atoms with Crippen molar-refractivity contribution in [1.82, 2.24) is 0 Å². The summed E-state index contributed by atoms with van der Waals surface area (Å²) in [4.78, 5) is 0. The minimum absolute atomic E-state index is 0.0815. The van der Waals surface area contributed by atoms with E-state index in [1.807, 2.05) is 6.92 Å². The molecule has 0 atom stereocenters. The van der Waals surface area contributed by atoms with E-state index in [9.17, 15) is 0 Å². The SMILES string of the molecule is CC[O][Ru][C]1=CC=CC1. The standard InChI is InChI=1S/C5H5.C2H5O.Ru/c1-2-4-5-3-1;1-2-3;/h1-3H,4H2;2H2,1H3;/q;-1;+1. The molecular formula is C7H10ORu. The van der Waals surface area contributed by atoms with Crippen LogP contribution in [0.25, 0.3) is 0 Å². The molecule has 0 aliphatic heterocycles. The maximum absolute atomic E-state index is 5.30. The fourth-order valence-corrected chi connectivity index (χ4v) is 1.79. The van der Waals surface area contributed by atoms with Crippen LogP contribution in [0.15, 0.2) is 22.4 Å². The van der Waals surface area contributed by atoms with Crippen LogP contribution in [0.4, 0.5) is 0 Å². The molecule has 0 heterocycles. The molecule has 0 amide bonds. The molecule has 0 aromatic heterocycles. The Bertz CT molecular complexity index is 138. The van der Waals surface area contributed by atoms with Crippen molar-refractivity contribution < 1.29 is 21.1 Å². The van der Waals surface area contributed by atoms with E-state index in [-0.39, 0.29) is 17.5 Å². The van der Waals surface area contributed by atoms with Crippen LogP contribution in [0.5, 0.6) is 0 Å². The molecule has 1 rings (SSSR count). The van der Waals surface area contributed by atoms with Gasteiger partial charge in [0.05, 0.1) is 0 Å². The molecule has 0 aromatic rings. The molecule has 0 N–H and O–H groups in total. The van der Waals surface area contributed by atoms with E-state index in [2.05, 4.69) is 18.2 Å². The van der Waals surface area contributed by atoms with E-state index in [1.165, 1.54) is 4.17 Å². The summed E-state index contributed by atoms with van der Waals surface area (Å²) in [5.74, 6) is 0. The van der Waals surface area contributed by atoms with E-state index in [4.69, 9.17) is 3.56 Å². The monoisotopic (exact) mass is 212 g/mol. The topological polar surface area (TPSA) is 9.23 Å². The zero-order chi connectivity index (χ0) is 6.53. The van der Waals surface area contributed by atoms with Crippen molar-refractivity contribution in [1.29, 1.82) is 0 Å². The number of rotatable bonds is 3. The van der Waals surface area contributed by atoms with Gasteiger partial charge in [0, 0.05) is 0 Å². The Morgan fingerprint density at radius 2 is 2.67 bits per heavy atom. The first kappa shape index (κ1) is 7.17. The van der Waals surface area contributed by atoms with Crippen LogP contribution in [0, 0.1) is 0 Å². The van der Waals surface area contributed by atoms with E-state index in [0.29, 0.717) is 0 Å². The summed E-state index contributed by atoms with van der Waals surface area (Å²) < 4.78 is 6.78. The van der Waals surface area contributed by atoms with Gasteiger partial charge in [-0.1, -0.05) is 0 Å². The molecule has 2 heteroatoms. The first-order valence-corrected chi connectivity index (χ1v) is 4.61. The zero-order valence-electron chi connectivity index (χ0n) is 5.41.